The molecule has 2 aromatic rings. The standard InChI is InChI=1S/C15H14O6/c1-8-5-10(3-4-11(8)15(19)20-2)21-14-12(17)6-9(16)7-13(14)18/h3-7,16-18H,1-2H3. The fourth-order valence-electron chi connectivity index (χ4n) is 1.85. The number of carbonyl (C=O) groups is 1. The molecule has 0 unspecified atom stereocenters. The first kappa shape index (κ1) is 14.5. The van der Waals surface area contributed by atoms with Gasteiger partial charge in [-0.05, 0) is 30.7 Å². The molecular formula is C15H14O6. The molecule has 0 aromatic heterocycles. The summed E-state index contributed by atoms with van der Waals surface area (Å²) in [6, 6.07) is 6.68. The van der Waals surface area contributed by atoms with Crippen LogP contribution in [0.4, 0.5) is 0 Å². The second kappa shape index (κ2) is 5.62. The topological polar surface area (TPSA) is 96.2 Å². The number of rotatable bonds is 3. The maximum absolute atomic E-state index is 11.5. The first-order chi connectivity index (χ1) is 9.92. The monoisotopic (exact) mass is 290 g/mol. The molecule has 2 rings (SSSR count). The lowest BCUT2D eigenvalue weighted by atomic mass is 10.1. The van der Waals surface area contributed by atoms with Crippen LogP contribution in [0.15, 0.2) is 30.3 Å². The Kier molecular flexibility index (Phi) is 3.89. The number of aryl methyl sites for hydroxylation is 1. The molecule has 0 radical (unpaired) electrons. The first-order valence-electron chi connectivity index (χ1n) is 6.04. The smallest absolute Gasteiger partial charge is 0.338 e. The number of carbonyl (C=O) groups excluding carboxylic acids is 1. The number of phenols is 3. The molecule has 0 saturated carbocycles. The Morgan fingerprint density at radius 3 is 2.19 bits per heavy atom. The average Bonchev–Trinajstić information content (AvgIpc) is 2.42. The van der Waals surface area contributed by atoms with Crippen molar-refractivity contribution in [2.24, 2.45) is 0 Å². The third-order valence-electron chi connectivity index (χ3n) is 2.86. The summed E-state index contributed by atoms with van der Waals surface area (Å²) in [7, 11) is 1.29. The molecule has 0 aliphatic rings. The van der Waals surface area contributed by atoms with E-state index in [4.69, 9.17) is 4.74 Å². The van der Waals surface area contributed by atoms with Gasteiger partial charge in [0.25, 0.3) is 0 Å². The maximum Gasteiger partial charge on any atom is 0.338 e. The number of methoxy groups -OCH3 is 1. The van der Waals surface area contributed by atoms with Gasteiger partial charge in [0.1, 0.15) is 11.5 Å². The number of aromatic hydroxyl groups is 3. The van der Waals surface area contributed by atoms with E-state index in [0.29, 0.717) is 16.9 Å². The van der Waals surface area contributed by atoms with Crippen molar-refractivity contribution in [2.75, 3.05) is 7.11 Å². The third-order valence-corrected chi connectivity index (χ3v) is 2.86. The highest BCUT2D eigenvalue weighted by atomic mass is 16.5. The molecule has 0 atom stereocenters. The van der Waals surface area contributed by atoms with Crippen LogP contribution in [0.5, 0.6) is 28.7 Å². The summed E-state index contributed by atoms with van der Waals surface area (Å²) in [6.07, 6.45) is 0. The predicted octanol–water partition coefficient (Wildman–Crippen LogP) is 2.69. The van der Waals surface area contributed by atoms with Gasteiger partial charge in [0.2, 0.25) is 5.75 Å². The van der Waals surface area contributed by atoms with Gasteiger partial charge < -0.3 is 24.8 Å². The van der Waals surface area contributed by atoms with E-state index in [1.807, 2.05) is 0 Å². The van der Waals surface area contributed by atoms with Gasteiger partial charge in [0.05, 0.1) is 12.7 Å². The molecule has 0 aliphatic heterocycles. The van der Waals surface area contributed by atoms with Crippen LogP contribution in [0.2, 0.25) is 0 Å². The summed E-state index contributed by atoms with van der Waals surface area (Å²) >= 11 is 0. The largest absolute Gasteiger partial charge is 0.508 e. The van der Waals surface area contributed by atoms with Crippen molar-refractivity contribution in [1.29, 1.82) is 0 Å². The molecule has 2 aromatic carbocycles. The summed E-state index contributed by atoms with van der Waals surface area (Å²) in [6.45, 7) is 1.70. The SMILES string of the molecule is COC(=O)c1ccc(Oc2c(O)cc(O)cc2O)cc1C. The van der Waals surface area contributed by atoms with Crippen molar-refractivity contribution in [2.45, 2.75) is 6.92 Å². The molecule has 0 aliphatic carbocycles. The number of esters is 1. The van der Waals surface area contributed by atoms with Crippen molar-refractivity contribution in [3.63, 3.8) is 0 Å². The van der Waals surface area contributed by atoms with Crippen molar-refractivity contribution in [3.05, 3.63) is 41.5 Å². The number of ether oxygens (including phenoxy) is 2. The summed E-state index contributed by atoms with van der Waals surface area (Å²) < 4.78 is 10.0. The van der Waals surface area contributed by atoms with Crippen LogP contribution in [0.25, 0.3) is 0 Å². The summed E-state index contributed by atoms with van der Waals surface area (Å²) in [5.41, 5.74) is 1.01. The van der Waals surface area contributed by atoms with Crippen LogP contribution >= 0.6 is 0 Å². The Labute approximate surface area is 120 Å². The van der Waals surface area contributed by atoms with Gasteiger partial charge in [-0.2, -0.15) is 0 Å². The van der Waals surface area contributed by atoms with E-state index in [1.54, 1.807) is 13.0 Å². The quantitative estimate of drug-likeness (QED) is 0.752. The number of phenolic OH excluding ortho intramolecular Hbond substituents is 3. The minimum atomic E-state index is -0.464. The van der Waals surface area contributed by atoms with Crippen molar-refractivity contribution < 1.29 is 29.6 Å². The highest BCUT2D eigenvalue weighted by molar-refractivity contribution is 5.91. The normalized spacial score (nSPS) is 10.2. The third kappa shape index (κ3) is 3.00. The van der Waals surface area contributed by atoms with Crippen LogP contribution in [0.1, 0.15) is 15.9 Å². The molecule has 0 amide bonds. The molecule has 0 saturated heterocycles. The van der Waals surface area contributed by atoms with Gasteiger partial charge in [-0.25, -0.2) is 4.79 Å². The van der Waals surface area contributed by atoms with Crippen molar-refractivity contribution in [3.8, 4) is 28.7 Å². The molecule has 6 nitrogen and oxygen atoms in total. The first-order valence-corrected chi connectivity index (χ1v) is 6.04. The highest BCUT2D eigenvalue weighted by Gasteiger charge is 2.14. The van der Waals surface area contributed by atoms with Crippen LogP contribution in [0.3, 0.4) is 0 Å². The van der Waals surface area contributed by atoms with Gasteiger partial charge in [0.15, 0.2) is 11.5 Å². The lowest BCUT2D eigenvalue weighted by Crippen LogP contribution is -2.03. The molecule has 0 fully saturated rings. The van der Waals surface area contributed by atoms with Crippen LogP contribution < -0.4 is 4.74 Å². The predicted molar refractivity (Wildman–Crippen MR) is 74.0 cm³/mol. The Hall–Kier alpha value is -2.89. The summed E-state index contributed by atoms with van der Waals surface area (Å²) in [4.78, 5) is 11.5. The summed E-state index contributed by atoms with van der Waals surface area (Å²) in [5, 5.41) is 28.6. The molecule has 0 bridgehead atoms. The van der Waals surface area contributed by atoms with Crippen molar-refractivity contribution >= 4 is 5.97 Å². The second-order valence-electron chi connectivity index (χ2n) is 4.38. The number of benzene rings is 2. The van der Waals surface area contributed by atoms with Gasteiger partial charge in [-0.15, -0.1) is 0 Å². The van der Waals surface area contributed by atoms with E-state index in [-0.39, 0.29) is 11.5 Å². The minimum absolute atomic E-state index is 0.182. The van der Waals surface area contributed by atoms with E-state index in [2.05, 4.69) is 4.74 Å². The molecule has 0 spiro atoms. The summed E-state index contributed by atoms with van der Waals surface area (Å²) in [5.74, 6) is -1.41. The zero-order chi connectivity index (χ0) is 15.6. The van der Waals surface area contributed by atoms with Gasteiger partial charge in [0, 0.05) is 12.1 Å². The minimum Gasteiger partial charge on any atom is -0.508 e. The lowest BCUT2D eigenvalue weighted by Gasteiger charge is -2.11. The van der Waals surface area contributed by atoms with E-state index >= 15 is 0 Å². The number of hydrogen-bond acceptors (Lipinski definition) is 6. The molecule has 110 valence electrons. The average molecular weight is 290 g/mol. The molecular weight excluding hydrogens is 276 g/mol. The lowest BCUT2D eigenvalue weighted by molar-refractivity contribution is 0.0600. The van der Waals surface area contributed by atoms with Crippen LogP contribution in [-0.2, 0) is 4.74 Å². The van der Waals surface area contributed by atoms with E-state index in [1.165, 1.54) is 19.2 Å². The molecule has 3 N–H and O–H groups in total. The van der Waals surface area contributed by atoms with Crippen molar-refractivity contribution in [1.82, 2.24) is 0 Å². The molecule has 6 heteroatoms. The molecule has 0 heterocycles. The maximum atomic E-state index is 11.5. The van der Waals surface area contributed by atoms with E-state index in [9.17, 15) is 20.1 Å². The zero-order valence-electron chi connectivity index (χ0n) is 11.5. The highest BCUT2D eigenvalue weighted by Crippen LogP contribution is 2.41. The fraction of sp³-hybridized carbons (Fsp3) is 0.133. The van der Waals surface area contributed by atoms with Gasteiger partial charge in [-0.1, -0.05) is 0 Å². The van der Waals surface area contributed by atoms with Gasteiger partial charge in [-0.3, -0.25) is 0 Å². The Balaban J connectivity index is 2.33. The Morgan fingerprint density at radius 2 is 1.67 bits per heavy atom. The van der Waals surface area contributed by atoms with Crippen LogP contribution in [-0.4, -0.2) is 28.4 Å². The molecule has 21 heavy (non-hydrogen) atoms. The van der Waals surface area contributed by atoms with Gasteiger partial charge >= 0.3 is 5.97 Å². The van der Waals surface area contributed by atoms with E-state index in [0.717, 1.165) is 12.1 Å². The Bertz CT molecular complexity index is 670. The number of hydrogen-bond donors (Lipinski definition) is 3. The van der Waals surface area contributed by atoms with Crippen LogP contribution in [0, 0.1) is 6.92 Å². The zero-order valence-corrected chi connectivity index (χ0v) is 11.5. The fourth-order valence-corrected chi connectivity index (χ4v) is 1.85. The van der Waals surface area contributed by atoms with E-state index < -0.39 is 17.5 Å². The second-order valence-corrected chi connectivity index (χ2v) is 4.38. The Morgan fingerprint density at radius 1 is 1.05 bits per heavy atom.